The molecule has 2 unspecified atom stereocenters. The number of carbonyl (C=O) groups excluding carboxylic acids is 4. The zero-order valence-corrected chi connectivity index (χ0v) is 23.7. The van der Waals surface area contributed by atoms with Gasteiger partial charge in [-0.1, -0.05) is 29.8 Å². The molecule has 10 nitrogen and oxygen atoms in total. The van der Waals surface area contributed by atoms with Crippen molar-refractivity contribution < 1.29 is 39.6 Å². The molecule has 1 fully saturated rings. The molecule has 0 spiro atoms. The topological polar surface area (TPSA) is 178 Å². The number of aliphatic hydroxyl groups excluding tert-OH is 2. The number of ketones is 3. The normalized spacial score (nSPS) is 23.3. The molecule has 2 aromatic carbocycles. The summed E-state index contributed by atoms with van der Waals surface area (Å²) >= 11 is 0. The average Bonchev–Trinajstić information content (AvgIpc) is 2.91. The molecule has 0 radical (unpaired) electrons. The van der Waals surface area contributed by atoms with E-state index in [1.165, 1.54) is 0 Å². The minimum atomic E-state index is -2.62. The second kappa shape index (κ2) is 10.4. The third kappa shape index (κ3) is 4.56. The summed E-state index contributed by atoms with van der Waals surface area (Å²) in [5.74, 6) is -6.67. The van der Waals surface area contributed by atoms with E-state index < -0.39 is 52.0 Å². The smallest absolute Gasteiger partial charge is 0.255 e. The molecule has 220 valence electrons. The van der Waals surface area contributed by atoms with Crippen LogP contribution < -0.4 is 10.6 Å². The summed E-state index contributed by atoms with van der Waals surface area (Å²) in [7, 11) is 3.60. The van der Waals surface area contributed by atoms with E-state index in [0.717, 1.165) is 11.1 Å². The van der Waals surface area contributed by atoms with Gasteiger partial charge in [0.2, 0.25) is 5.78 Å². The molecule has 2 aromatic rings. The predicted molar refractivity (Wildman–Crippen MR) is 154 cm³/mol. The first-order valence-corrected chi connectivity index (χ1v) is 13.8. The van der Waals surface area contributed by atoms with Crippen LogP contribution in [-0.4, -0.2) is 63.4 Å². The maximum atomic E-state index is 13.8. The van der Waals surface area contributed by atoms with E-state index in [4.69, 9.17) is 5.73 Å². The molecule has 10 heteroatoms. The molecule has 6 N–H and O–H groups in total. The van der Waals surface area contributed by atoms with Crippen LogP contribution in [0.5, 0.6) is 5.75 Å². The maximum Gasteiger partial charge on any atom is 0.255 e. The molecule has 0 heterocycles. The van der Waals surface area contributed by atoms with Gasteiger partial charge in [-0.2, -0.15) is 0 Å². The fraction of sp³-hybridized carbons (Fsp3) is 0.375. The summed E-state index contributed by atoms with van der Waals surface area (Å²) in [6.45, 7) is 1.97. The minimum Gasteiger partial charge on any atom is -0.508 e. The van der Waals surface area contributed by atoms with Gasteiger partial charge in [0.15, 0.2) is 11.4 Å². The van der Waals surface area contributed by atoms with Gasteiger partial charge in [-0.25, -0.2) is 0 Å². The van der Waals surface area contributed by atoms with Crippen molar-refractivity contribution in [2.24, 2.45) is 17.6 Å². The van der Waals surface area contributed by atoms with Crippen molar-refractivity contribution in [3.63, 3.8) is 0 Å². The number of phenolic OH excluding ortho intramolecular Hbond substituents is 1. The number of amides is 1. The van der Waals surface area contributed by atoms with Crippen molar-refractivity contribution in [1.82, 2.24) is 0 Å². The highest BCUT2D eigenvalue weighted by Crippen LogP contribution is 2.53. The van der Waals surface area contributed by atoms with E-state index in [1.54, 1.807) is 20.2 Å². The van der Waals surface area contributed by atoms with E-state index in [-0.39, 0.29) is 61.2 Å². The highest BCUT2D eigenvalue weighted by atomic mass is 16.3. The molecule has 5 rings (SSSR count). The van der Waals surface area contributed by atoms with Crippen LogP contribution in [0, 0.1) is 18.8 Å². The van der Waals surface area contributed by atoms with Gasteiger partial charge in [0.1, 0.15) is 28.6 Å². The Morgan fingerprint density at radius 1 is 1.07 bits per heavy atom. The van der Waals surface area contributed by atoms with Crippen molar-refractivity contribution >= 4 is 34.7 Å². The van der Waals surface area contributed by atoms with Crippen LogP contribution >= 0.6 is 0 Å². The van der Waals surface area contributed by atoms with E-state index >= 15 is 0 Å². The lowest BCUT2D eigenvalue weighted by Gasteiger charge is -2.46. The van der Waals surface area contributed by atoms with E-state index in [9.17, 15) is 39.6 Å². The van der Waals surface area contributed by atoms with Crippen LogP contribution in [-0.2, 0) is 38.4 Å². The van der Waals surface area contributed by atoms with Crippen LogP contribution in [0.15, 0.2) is 47.2 Å². The summed E-state index contributed by atoms with van der Waals surface area (Å²) in [6.07, 6.45) is 0.460. The first-order chi connectivity index (χ1) is 19.7. The lowest BCUT2D eigenvalue weighted by molar-refractivity contribution is -0.147. The molecule has 42 heavy (non-hydrogen) atoms. The zero-order valence-electron chi connectivity index (χ0n) is 23.7. The van der Waals surface area contributed by atoms with Gasteiger partial charge in [0.05, 0.1) is 5.56 Å². The number of hydrogen-bond donors (Lipinski definition) is 5. The predicted octanol–water partition coefficient (Wildman–Crippen LogP) is 2.54. The molecule has 0 bridgehead atoms. The fourth-order valence-corrected chi connectivity index (χ4v) is 6.61. The van der Waals surface area contributed by atoms with Crippen LogP contribution in [0.25, 0.3) is 5.76 Å². The fourth-order valence-electron chi connectivity index (χ4n) is 6.61. The monoisotopic (exact) mass is 574 g/mol. The van der Waals surface area contributed by atoms with Crippen LogP contribution in [0.2, 0.25) is 0 Å². The maximum absolute atomic E-state index is 13.8. The van der Waals surface area contributed by atoms with Crippen LogP contribution in [0.1, 0.15) is 47.1 Å². The molecule has 1 saturated carbocycles. The second-order valence-corrected chi connectivity index (χ2v) is 11.8. The summed E-state index contributed by atoms with van der Waals surface area (Å²) in [5, 5.41) is 45.1. The number of Topliss-reactive ketones (excluding diaryl/α,β-unsaturated/α-hetero) is 3. The number of rotatable bonds is 7. The third-order valence-corrected chi connectivity index (χ3v) is 8.80. The quantitative estimate of drug-likeness (QED) is 0.311. The summed E-state index contributed by atoms with van der Waals surface area (Å²) in [5.41, 5.74) is 5.28. The number of primary amides is 1. The summed E-state index contributed by atoms with van der Waals surface area (Å²) in [4.78, 5) is 52.8. The summed E-state index contributed by atoms with van der Waals surface area (Å²) in [6, 6.07) is 9.44. The first kappa shape index (κ1) is 29.1. The highest BCUT2D eigenvalue weighted by molar-refractivity contribution is 6.22. The molecule has 3 aliphatic carbocycles. The number of nitrogens with zero attached hydrogens (tertiary/aromatic N) is 1. The Labute approximate surface area is 242 Å². The molecule has 3 atom stereocenters. The van der Waals surface area contributed by atoms with E-state index in [0.29, 0.717) is 16.8 Å². The standard InChI is InChI=1S/C32H34N2O8/c1-15-4-6-16(7-5-15)10-20(35)9-8-17-13-22(34(2)3)21-12-18-11-19-14-23(36)26(31(33)41)30(40)32(19,42)29(39)24(18)28(38)25(21)27(17)37/h4-7,13,18-19,37-38,40,42H,8-12,14H2,1-3H3,(H2,33,41)/t18?,19?,32-/m0/s1. The number of aliphatic hydroxyl groups is 3. The van der Waals surface area contributed by atoms with Crippen molar-refractivity contribution in [1.29, 1.82) is 0 Å². The molecular weight excluding hydrogens is 540 g/mol. The van der Waals surface area contributed by atoms with Gasteiger partial charge in [0, 0.05) is 50.5 Å². The number of nitrogens with two attached hydrogens (primary N) is 1. The molecule has 0 aliphatic heterocycles. The van der Waals surface area contributed by atoms with Crippen LogP contribution in [0.3, 0.4) is 0 Å². The number of aryl methyl sites for hydroxylation is 2. The molecule has 3 aliphatic rings. The second-order valence-electron chi connectivity index (χ2n) is 11.8. The van der Waals surface area contributed by atoms with Gasteiger partial charge < -0.3 is 31.1 Å². The lowest BCUT2D eigenvalue weighted by Crippen LogP contribution is -2.58. The van der Waals surface area contributed by atoms with E-state index in [1.807, 2.05) is 36.1 Å². The molecule has 1 amide bonds. The van der Waals surface area contributed by atoms with Gasteiger partial charge in [-0.15, -0.1) is 0 Å². The Bertz CT molecular complexity index is 1600. The van der Waals surface area contributed by atoms with Crippen molar-refractivity contribution in [2.45, 2.75) is 51.0 Å². The number of carbonyl (C=O) groups is 4. The Morgan fingerprint density at radius 3 is 2.36 bits per heavy atom. The number of hydrogen-bond acceptors (Lipinski definition) is 9. The average molecular weight is 575 g/mol. The van der Waals surface area contributed by atoms with Crippen molar-refractivity contribution in [3.05, 3.63) is 75.1 Å². The van der Waals surface area contributed by atoms with Crippen molar-refractivity contribution in [3.8, 4) is 5.75 Å². The van der Waals surface area contributed by atoms with Gasteiger partial charge in [-0.05, 0) is 54.9 Å². The Hall–Kier alpha value is -4.44. The largest absolute Gasteiger partial charge is 0.508 e. The van der Waals surface area contributed by atoms with Gasteiger partial charge in [0.25, 0.3) is 5.91 Å². The molecule has 0 aromatic heterocycles. The lowest BCUT2D eigenvalue weighted by atomic mass is 9.59. The molecular formula is C32H34N2O8. The number of anilines is 1. The number of benzene rings is 2. The van der Waals surface area contributed by atoms with Crippen LogP contribution in [0.4, 0.5) is 5.69 Å². The summed E-state index contributed by atoms with van der Waals surface area (Å²) < 4.78 is 0. The SMILES string of the molecule is Cc1ccc(CC(=O)CCc2cc(N(C)C)c3c(c2O)C(O)=C2C(=O)[C@]4(O)C(O)=C(C(N)=O)C(=O)CC4CC2C3)cc1. The molecule has 0 saturated heterocycles. The van der Waals surface area contributed by atoms with E-state index in [2.05, 4.69) is 0 Å². The Kier molecular flexibility index (Phi) is 7.22. The Balaban J connectivity index is 1.54. The number of phenols is 1. The Morgan fingerprint density at radius 2 is 1.74 bits per heavy atom. The number of aromatic hydroxyl groups is 1. The van der Waals surface area contributed by atoms with Gasteiger partial charge >= 0.3 is 0 Å². The van der Waals surface area contributed by atoms with Crippen molar-refractivity contribution in [2.75, 3.05) is 19.0 Å². The number of fused-ring (bicyclic) bond motifs is 3. The van der Waals surface area contributed by atoms with Gasteiger partial charge in [-0.3, -0.25) is 19.2 Å². The first-order valence-electron chi connectivity index (χ1n) is 13.8. The third-order valence-electron chi connectivity index (χ3n) is 8.80. The highest BCUT2D eigenvalue weighted by Gasteiger charge is 2.60. The zero-order chi connectivity index (χ0) is 30.7. The minimum absolute atomic E-state index is 0.0225.